The molecule has 2 N–H and O–H groups in total. The highest BCUT2D eigenvalue weighted by Crippen LogP contribution is 2.36. The molecule has 0 bridgehead atoms. The van der Waals surface area contributed by atoms with Crippen LogP contribution < -0.4 is 10.5 Å². The highest BCUT2D eigenvalue weighted by molar-refractivity contribution is 5.84. The highest BCUT2D eigenvalue weighted by Gasteiger charge is 2.47. The van der Waals surface area contributed by atoms with Gasteiger partial charge < -0.3 is 14.9 Å². The summed E-state index contributed by atoms with van der Waals surface area (Å²) in [4.78, 5) is 13.0. The van der Waals surface area contributed by atoms with E-state index >= 15 is 0 Å². The lowest BCUT2D eigenvalue weighted by Crippen LogP contribution is -2.39. The molecule has 0 radical (unpaired) electrons. The minimum Gasteiger partial charge on any atom is -0.496 e. The summed E-state index contributed by atoms with van der Waals surface area (Å²) < 4.78 is 38.8. The van der Waals surface area contributed by atoms with Crippen LogP contribution in [0.2, 0.25) is 0 Å². The van der Waals surface area contributed by atoms with E-state index in [1.54, 1.807) is 13.2 Å². The zero-order valence-corrected chi connectivity index (χ0v) is 15.3. The number of primary amides is 1. The number of hydrogen-bond donors (Lipinski definition) is 1. The fourth-order valence-corrected chi connectivity index (χ4v) is 3.74. The summed E-state index contributed by atoms with van der Waals surface area (Å²) in [5.74, 6) is -2.27. The summed E-state index contributed by atoms with van der Waals surface area (Å²) in [7, 11) is 1.60. The number of benzene rings is 2. The Hall–Kier alpha value is -2.93. The maximum atomic E-state index is 13.7. The first kappa shape index (κ1) is 18.4. The number of para-hydroxylation sites is 1. The standard InChI is InChI=1S/C21H20F2N2O3/c1-27-18-5-3-2-4-15(18)19-9-14-8-13(6-7-17(14)28-19)11-25-12-21(22,23)10-16(25)20(24)26/h2-9,16H,10-12H2,1H3,(H2,24,26)/t16-/m0/s1. The van der Waals surface area contributed by atoms with Crippen LogP contribution in [0.25, 0.3) is 22.3 Å². The molecule has 1 aromatic heterocycles. The van der Waals surface area contributed by atoms with E-state index in [2.05, 4.69) is 0 Å². The fourth-order valence-electron chi connectivity index (χ4n) is 3.74. The van der Waals surface area contributed by atoms with Crippen molar-refractivity contribution in [3.8, 4) is 17.1 Å². The minimum atomic E-state index is -2.91. The summed E-state index contributed by atoms with van der Waals surface area (Å²) in [5.41, 5.74) is 7.63. The van der Waals surface area contributed by atoms with Gasteiger partial charge in [-0.3, -0.25) is 9.69 Å². The van der Waals surface area contributed by atoms with Gasteiger partial charge in [-0.05, 0) is 35.9 Å². The lowest BCUT2D eigenvalue weighted by molar-refractivity contribution is -0.122. The Kier molecular flexibility index (Phi) is 4.55. The number of ether oxygens (including phenoxy) is 1. The van der Waals surface area contributed by atoms with Crippen molar-refractivity contribution in [1.82, 2.24) is 4.90 Å². The molecule has 0 spiro atoms. The second-order valence-corrected chi connectivity index (χ2v) is 7.07. The average molecular weight is 386 g/mol. The molecule has 0 aliphatic carbocycles. The zero-order chi connectivity index (χ0) is 19.9. The maximum absolute atomic E-state index is 13.7. The third kappa shape index (κ3) is 3.45. The third-order valence-corrected chi connectivity index (χ3v) is 5.03. The number of rotatable bonds is 5. The molecule has 146 valence electrons. The number of likely N-dealkylation sites (tertiary alicyclic amines) is 1. The lowest BCUT2D eigenvalue weighted by atomic mass is 10.1. The van der Waals surface area contributed by atoms with Crippen LogP contribution in [0.1, 0.15) is 12.0 Å². The largest absolute Gasteiger partial charge is 0.496 e. The third-order valence-electron chi connectivity index (χ3n) is 5.03. The Morgan fingerprint density at radius 3 is 2.82 bits per heavy atom. The Bertz CT molecular complexity index is 1030. The fraction of sp³-hybridized carbons (Fsp3) is 0.286. The number of halogens is 2. The number of methoxy groups -OCH3 is 1. The van der Waals surface area contributed by atoms with Gasteiger partial charge in [-0.2, -0.15) is 0 Å². The SMILES string of the molecule is COc1ccccc1-c1cc2cc(CN3CC(F)(F)C[C@H]3C(N)=O)ccc2o1. The summed E-state index contributed by atoms with van der Waals surface area (Å²) in [6, 6.07) is 14.0. The molecule has 3 aromatic rings. The molecule has 0 saturated carbocycles. The molecule has 2 aromatic carbocycles. The maximum Gasteiger partial charge on any atom is 0.262 e. The van der Waals surface area contributed by atoms with E-state index in [4.69, 9.17) is 14.9 Å². The Labute approximate surface area is 160 Å². The molecule has 4 rings (SSSR count). The molecular weight excluding hydrogens is 366 g/mol. The van der Waals surface area contributed by atoms with Crippen molar-refractivity contribution in [2.24, 2.45) is 5.73 Å². The number of carbonyl (C=O) groups is 1. The molecule has 1 saturated heterocycles. The van der Waals surface area contributed by atoms with Gasteiger partial charge in [0.05, 0.1) is 25.3 Å². The topological polar surface area (TPSA) is 68.7 Å². The van der Waals surface area contributed by atoms with Crippen molar-refractivity contribution >= 4 is 16.9 Å². The molecule has 1 amide bonds. The van der Waals surface area contributed by atoms with Crippen LogP contribution in [0.4, 0.5) is 8.78 Å². The quantitative estimate of drug-likeness (QED) is 0.724. The van der Waals surface area contributed by atoms with Gasteiger partial charge in [-0.1, -0.05) is 18.2 Å². The van der Waals surface area contributed by atoms with Gasteiger partial charge in [-0.15, -0.1) is 0 Å². The molecule has 28 heavy (non-hydrogen) atoms. The minimum absolute atomic E-state index is 0.217. The van der Waals surface area contributed by atoms with Crippen LogP contribution in [0.5, 0.6) is 5.75 Å². The van der Waals surface area contributed by atoms with Crippen LogP contribution in [0.15, 0.2) is 52.9 Å². The molecule has 1 aliphatic rings. The van der Waals surface area contributed by atoms with Gasteiger partial charge in [0.1, 0.15) is 17.1 Å². The number of carbonyl (C=O) groups excluding carboxylic acids is 1. The van der Waals surface area contributed by atoms with E-state index in [9.17, 15) is 13.6 Å². The van der Waals surface area contributed by atoms with Crippen LogP contribution >= 0.6 is 0 Å². The molecule has 1 aliphatic heterocycles. The summed E-state index contributed by atoms with van der Waals surface area (Å²) in [6.07, 6.45) is -0.533. The summed E-state index contributed by atoms with van der Waals surface area (Å²) >= 11 is 0. The summed E-state index contributed by atoms with van der Waals surface area (Å²) in [5, 5.41) is 0.847. The smallest absolute Gasteiger partial charge is 0.262 e. The van der Waals surface area contributed by atoms with Crippen LogP contribution in [0, 0.1) is 0 Å². The van der Waals surface area contributed by atoms with E-state index in [0.717, 1.165) is 16.5 Å². The molecule has 7 heteroatoms. The Morgan fingerprint density at radius 1 is 1.29 bits per heavy atom. The normalized spacial score (nSPS) is 19.2. The Morgan fingerprint density at radius 2 is 2.07 bits per heavy atom. The van der Waals surface area contributed by atoms with Crippen molar-refractivity contribution < 1.29 is 22.7 Å². The molecule has 2 heterocycles. The predicted octanol–water partition coefficient (Wildman–Crippen LogP) is 3.80. The lowest BCUT2D eigenvalue weighted by Gasteiger charge is -2.21. The van der Waals surface area contributed by atoms with Crippen molar-refractivity contribution in [1.29, 1.82) is 0 Å². The van der Waals surface area contributed by atoms with E-state index in [1.165, 1.54) is 4.90 Å². The van der Waals surface area contributed by atoms with E-state index in [0.29, 0.717) is 17.1 Å². The average Bonchev–Trinajstić information content (AvgIpc) is 3.21. The number of alkyl halides is 2. The number of nitrogens with zero attached hydrogens (tertiary/aromatic N) is 1. The molecule has 1 fully saturated rings. The number of nitrogens with two attached hydrogens (primary N) is 1. The molecule has 1 atom stereocenters. The molecular formula is C21H20F2N2O3. The van der Waals surface area contributed by atoms with Gasteiger partial charge in [0.25, 0.3) is 5.92 Å². The van der Waals surface area contributed by atoms with E-state index < -0.39 is 30.8 Å². The van der Waals surface area contributed by atoms with Crippen molar-refractivity contribution in [2.75, 3.05) is 13.7 Å². The molecule has 0 unspecified atom stereocenters. The first-order chi connectivity index (χ1) is 13.4. The second-order valence-electron chi connectivity index (χ2n) is 7.07. The highest BCUT2D eigenvalue weighted by atomic mass is 19.3. The number of fused-ring (bicyclic) bond motifs is 1. The number of hydrogen-bond acceptors (Lipinski definition) is 4. The van der Waals surface area contributed by atoms with Gasteiger partial charge >= 0.3 is 0 Å². The van der Waals surface area contributed by atoms with Crippen LogP contribution in [-0.2, 0) is 11.3 Å². The summed E-state index contributed by atoms with van der Waals surface area (Å²) in [6.45, 7) is -0.259. The van der Waals surface area contributed by atoms with E-state index in [-0.39, 0.29) is 6.54 Å². The zero-order valence-electron chi connectivity index (χ0n) is 15.3. The van der Waals surface area contributed by atoms with Gasteiger partial charge in [0.15, 0.2) is 0 Å². The van der Waals surface area contributed by atoms with Gasteiger partial charge in [0, 0.05) is 18.4 Å². The number of amides is 1. The van der Waals surface area contributed by atoms with Crippen molar-refractivity contribution in [3.63, 3.8) is 0 Å². The Balaban J connectivity index is 1.63. The second kappa shape index (κ2) is 6.91. The predicted molar refractivity (Wildman–Crippen MR) is 101 cm³/mol. The van der Waals surface area contributed by atoms with E-state index in [1.807, 2.05) is 42.5 Å². The van der Waals surface area contributed by atoms with Crippen molar-refractivity contribution in [2.45, 2.75) is 24.9 Å². The van der Waals surface area contributed by atoms with Crippen molar-refractivity contribution in [3.05, 3.63) is 54.1 Å². The van der Waals surface area contributed by atoms with Crippen LogP contribution in [-0.4, -0.2) is 36.4 Å². The first-order valence-electron chi connectivity index (χ1n) is 8.93. The molecule has 5 nitrogen and oxygen atoms in total. The number of furan rings is 1. The van der Waals surface area contributed by atoms with Gasteiger partial charge in [-0.25, -0.2) is 8.78 Å². The van der Waals surface area contributed by atoms with Gasteiger partial charge in [0.2, 0.25) is 5.91 Å². The van der Waals surface area contributed by atoms with Crippen LogP contribution in [0.3, 0.4) is 0 Å². The first-order valence-corrected chi connectivity index (χ1v) is 8.93. The monoisotopic (exact) mass is 386 g/mol.